The minimum atomic E-state index is -0.435. The summed E-state index contributed by atoms with van der Waals surface area (Å²) < 4.78 is 0. The van der Waals surface area contributed by atoms with Gasteiger partial charge in [-0.25, -0.2) is 0 Å². The minimum Gasteiger partial charge on any atom is -0.392 e. The van der Waals surface area contributed by atoms with Crippen LogP contribution in [0.1, 0.15) is 11.6 Å². The van der Waals surface area contributed by atoms with Gasteiger partial charge < -0.3 is 5.73 Å². The van der Waals surface area contributed by atoms with Crippen molar-refractivity contribution in [3.63, 3.8) is 0 Å². The maximum atomic E-state index is 10.5. The first kappa shape index (κ1) is 12.5. The molecule has 1 aromatic carbocycles. The Kier molecular flexibility index (Phi) is 3.92. The summed E-state index contributed by atoms with van der Waals surface area (Å²) in [6, 6.07) is 6.04. The summed E-state index contributed by atoms with van der Waals surface area (Å²) in [6.07, 6.45) is 0. The molecule has 0 heterocycles. The number of likely N-dealkylation sites (N-methyl/N-ethyl adjacent to an activating group) is 1. The quantitative estimate of drug-likeness (QED) is 0.489. The fourth-order valence-electron chi connectivity index (χ4n) is 1.50. The molecule has 0 saturated carbocycles. The Morgan fingerprint density at radius 3 is 2.25 bits per heavy atom. The van der Waals surface area contributed by atoms with Crippen LogP contribution in [0.4, 0.5) is 5.69 Å². The van der Waals surface area contributed by atoms with Crippen LogP contribution in [-0.2, 0) is 0 Å². The average Bonchev–Trinajstić information content (AvgIpc) is 2.17. The number of hydrogen-bond donors (Lipinski definition) is 1. The second-order valence-corrected chi connectivity index (χ2v) is 4.09. The summed E-state index contributed by atoms with van der Waals surface area (Å²) in [4.78, 5) is 12.3. The number of benzene rings is 1. The third kappa shape index (κ3) is 2.74. The van der Waals surface area contributed by atoms with Gasteiger partial charge in [0.25, 0.3) is 5.69 Å². The van der Waals surface area contributed by atoms with Gasteiger partial charge in [0.1, 0.15) is 0 Å². The van der Waals surface area contributed by atoms with Crippen LogP contribution in [0.3, 0.4) is 0 Å². The molecule has 0 spiro atoms. The van der Waals surface area contributed by atoms with E-state index in [1.165, 1.54) is 12.1 Å². The number of rotatable bonds is 4. The van der Waals surface area contributed by atoms with E-state index in [0.717, 1.165) is 5.56 Å². The SMILES string of the molecule is CN(C)C(C(N)=S)c1ccc([N+](=O)[O-])cc1. The van der Waals surface area contributed by atoms with Gasteiger partial charge in [-0.15, -0.1) is 0 Å². The van der Waals surface area contributed by atoms with Crippen molar-refractivity contribution in [1.29, 1.82) is 0 Å². The molecular weight excluding hydrogens is 226 g/mol. The molecule has 16 heavy (non-hydrogen) atoms. The van der Waals surface area contributed by atoms with Crippen molar-refractivity contribution in [3.8, 4) is 0 Å². The lowest BCUT2D eigenvalue weighted by Crippen LogP contribution is -2.31. The molecular formula is C10H13N3O2S. The van der Waals surface area contributed by atoms with Gasteiger partial charge in [0.2, 0.25) is 0 Å². The number of nitrogens with two attached hydrogens (primary N) is 1. The van der Waals surface area contributed by atoms with Gasteiger partial charge in [-0.1, -0.05) is 24.4 Å². The average molecular weight is 239 g/mol. The lowest BCUT2D eigenvalue weighted by molar-refractivity contribution is -0.384. The summed E-state index contributed by atoms with van der Waals surface area (Å²) in [7, 11) is 3.70. The van der Waals surface area contributed by atoms with Crippen LogP contribution < -0.4 is 5.73 Å². The minimum absolute atomic E-state index is 0.0594. The Morgan fingerprint density at radius 1 is 1.44 bits per heavy atom. The molecule has 0 saturated heterocycles. The van der Waals surface area contributed by atoms with Gasteiger partial charge in [-0.05, 0) is 19.7 Å². The smallest absolute Gasteiger partial charge is 0.269 e. The molecule has 86 valence electrons. The third-order valence-corrected chi connectivity index (χ3v) is 2.43. The predicted octanol–water partition coefficient (Wildman–Crippen LogP) is 1.48. The zero-order valence-corrected chi connectivity index (χ0v) is 9.90. The first-order valence-corrected chi connectivity index (χ1v) is 5.04. The molecule has 1 rings (SSSR count). The maximum absolute atomic E-state index is 10.5. The normalized spacial score (nSPS) is 12.4. The number of nitro benzene ring substituents is 1. The molecule has 0 aromatic heterocycles. The van der Waals surface area contributed by atoms with E-state index < -0.39 is 4.92 Å². The van der Waals surface area contributed by atoms with Crippen molar-refractivity contribution in [3.05, 3.63) is 39.9 Å². The van der Waals surface area contributed by atoms with E-state index in [1.54, 1.807) is 12.1 Å². The first-order chi connectivity index (χ1) is 7.43. The summed E-state index contributed by atoms with van der Waals surface area (Å²) >= 11 is 4.96. The Balaban J connectivity index is 3.03. The van der Waals surface area contributed by atoms with E-state index in [1.807, 2.05) is 19.0 Å². The fourth-order valence-corrected chi connectivity index (χ4v) is 1.84. The highest BCUT2D eigenvalue weighted by Gasteiger charge is 2.17. The molecule has 5 nitrogen and oxygen atoms in total. The molecule has 1 unspecified atom stereocenters. The van der Waals surface area contributed by atoms with E-state index in [2.05, 4.69) is 0 Å². The number of thiocarbonyl (C=S) groups is 1. The lowest BCUT2D eigenvalue weighted by atomic mass is 10.1. The van der Waals surface area contributed by atoms with E-state index in [-0.39, 0.29) is 11.7 Å². The molecule has 1 aromatic rings. The van der Waals surface area contributed by atoms with Crippen molar-refractivity contribution in [2.24, 2.45) is 5.73 Å². The largest absolute Gasteiger partial charge is 0.392 e. The number of hydrogen-bond acceptors (Lipinski definition) is 4. The lowest BCUT2D eigenvalue weighted by Gasteiger charge is -2.23. The monoisotopic (exact) mass is 239 g/mol. The number of nitro groups is 1. The number of non-ortho nitro benzene ring substituents is 1. The van der Waals surface area contributed by atoms with Gasteiger partial charge in [0.05, 0.1) is 16.0 Å². The van der Waals surface area contributed by atoms with Crippen LogP contribution in [0.25, 0.3) is 0 Å². The Hall–Kier alpha value is -1.53. The van der Waals surface area contributed by atoms with Crippen LogP contribution in [-0.4, -0.2) is 28.9 Å². The zero-order valence-electron chi connectivity index (χ0n) is 9.08. The molecule has 2 N–H and O–H groups in total. The molecule has 0 aliphatic heterocycles. The van der Waals surface area contributed by atoms with Crippen molar-refractivity contribution in [2.45, 2.75) is 6.04 Å². The molecule has 1 atom stereocenters. The van der Waals surface area contributed by atoms with Crippen molar-refractivity contribution >= 4 is 22.9 Å². The van der Waals surface area contributed by atoms with Gasteiger partial charge in [0.15, 0.2) is 0 Å². The molecule has 0 amide bonds. The summed E-state index contributed by atoms with van der Waals surface area (Å²) in [5.74, 6) is 0. The summed E-state index contributed by atoms with van der Waals surface area (Å²) in [5, 5.41) is 10.5. The van der Waals surface area contributed by atoms with Crippen molar-refractivity contribution in [1.82, 2.24) is 4.90 Å². The van der Waals surface area contributed by atoms with E-state index >= 15 is 0 Å². The number of nitrogens with zero attached hydrogens (tertiary/aromatic N) is 2. The van der Waals surface area contributed by atoms with Crippen LogP contribution in [0, 0.1) is 10.1 Å². The maximum Gasteiger partial charge on any atom is 0.269 e. The highest BCUT2D eigenvalue weighted by molar-refractivity contribution is 7.80. The van der Waals surface area contributed by atoms with Gasteiger partial charge >= 0.3 is 0 Å². The van der Waals surface area contributed by atoms with E-state index in [4.69, 9.17) is 18.0 Å². The first-order valence-electron chi connectivity index (χ1n) is 4.63. The Morgan fingerprint density at radius 2 is 1.94 bits per heavy atom. The molecule has 0 aliphatic rings. The van der Waals surface area contributed by atoms with Gasteiger partial charge in [-0.3, -0.25) is 15.0 Å². The van der Waals surface area contributed by atoms with Gasteiger partial charge in [-0.2, -0.15) is 0 Å². The predicted molar refractivity (Wildman–Crippen MR) is 66.3 cm³/mol. The van der Waals surface area contributed by atoms with Crippen LogP contribution in [0.2, 0.25) is 0 Å². The third-order valence-electron chi connectivity index (χ3n) is 2.21. The summed E-state index contributed by atoms with van der Waals surface area (Å²) in [6.45, 7) is 0. The second-order valence-electron chi connectivity index (χ2n) is 3.62. The van der Waals surface area contributed by atoms with Gasteiger partial charge in [0, 0.05) is 12.1 Å². The topological polar surface area (TPSA) is 72.4 Å². The molecule has 6 heteroatoms. The van der Waals surface area contributed by atoms with E-state index in [0.29, 0.717) is 4.99 Å². The highest BCUT2D eigenvalue weighted by atomic mass is 32.1. The highest BCUT2D eigenvalue weighted by Crippen LogP contribution is 2.21. The molecule has 0 aliphatic carbocycles. The van der Waals surface area contributed by atoms with Crippen LogP contribution in [0.15, 0.2) is 24.3 Å². The Labute approximate surface area is 99.0 Å². The summed E-state index contributed by atoms with van der Waals surface area (Å²) in [5.41, 5.74) is 6.53. The standard InChI is InChI=1S/C10H13N3O2S/c1-12(2)9(10(11)16)7-3-5-8(6-4-7)13(14)15/h3-6,9H,1-2H3,(H2,11,16). The van der Waals surface area contributed by atoms with Crippen LogP contribution in [0.5, 0.6) is 0 Å². The zero-order chi connectivity index (χ0) is 12.3. The second kappa shape index (κ2) is 5.00. The molecule has 0 fully saturated rings. The molecule has 0 bridgehead atoms. The molecule has 0 radical (unpaired) electrons. The Bertz CT molecular complexity index is 403. The van der Waals surface area contributed by atoms with Crippen LogP contribution >= 0.6 is 12.2 Å². The van der Waals surface area contributed by atoms with Crippen molar-refractivity contribution in [2.75, 3.05) is 14.1 Å². The fraction of sp³-hybridized carbons (Fsp3) is 0.300. The van der Waals surface area contributed by atoms with Crippen molar-refractivity contribution < 1.29 is 4.92 Å². The van der Waals surface area contributed by atoms with E-state index in [9.17, 15) is 10.1 Å².